The summed E-state index contributed by atoms with van der Waals surface area (Å²) in [6, 6.07) is 5.81. The molecule has 0 aliphatic heterocycles. The van der Waals surface area contributed by atoms with Gasteiger partial charge in [0.25, 0.3) is 5.91 Å². The molecule has 0 aliphatic rings. The maximum Gasteiger partial charge on any atom is 0.325 e. The standard InChI is InChI=1S/C13H11BrN2O4/c1-6(13(19)20)15-12(18)9-10(17)7-4-2-3-5-8(7)11(14)16-9/h2-6,17H,1H3,(H,15,18)(H,19,20)/t6-/m0/s1. The lowest BCUT2D eigenvalue weighted by Gasteiger charge is -2.11. The Morgan fingerprint density at radius 2 is 1.90 bits per heavy atom. The number of fused-ring (bicyclic) bond motifs is 1. The Labute approximate surface area is 122 Å². The number of carbonyl (C=O) groups excluding carboxylic acids is 1. The molecule has 0 fully saturated rings. The van der Waals surface area contributed by atoms with E-state index in [1.165, 1.54) is 6.92 Å². The van der Waals surface area contributed by atoms with Crippen molar-refractivity contribution in [3.63, 3.8) is 0 Å². The highest BCUT2D eigenvalue weighted by molar-refractivity contribution is 9.10. The largest absolute Gasteiger partial charge is 0.505 e. The highest BCUT2D eigenvalue weighted by Crippen LogP contribution is 2.31. The second kappa shape index (κ2) is 5.46. The van der Waals surface area contributed by atoms with Crippen LogP contribution in [0, 0.1) is 0 Å². The fourth-order valence-corrected chi connectivity index (χ4v) is 2.22. The van der Waals surface area contributed by atoms with Crippen LogP contribution in [-0.4, -0.2) is 33.1 Å². The van der Waals surface area contributed by atoms with E-state index < -0.39 is 17.9 Å². The van der Waals surface area contributed by atoms with Gasteiger partial charge in [-0.2, -0.15) is 0 Å². The Balaban J connectivity index is 2.47. The van der Waals surface area contributed by atoms with E-state index >= 15 is 0 Å². The van der Waals surface area contributed by atoms with Crippen molar-refractivity contribution >= 4 is 38.6 Å². The molecule has 2 aromatic rings. The number of carbonyl (C=O) groups is 2. The van der Waals surface area contributed by atoms with Crippen LogP contribution in [0.1, 0.15) is 17.4 Å². The zero-order chi connectivity index (χ0) is 14.9. The van der Waals surface area contributed by atoms with Crippen LogP contribution in [0.15, 0.2) is 28.9 Å². The van der Waals surface area contributed by atoms with Crippen LogP contribution in [0.3, 0.4) is 0 Å². The molecule has 1 amide bonds. The molecule has 6 nitrogen and oxygen atoms in total. The van der Waals surface area contributed by atoms with Gasteiger partial charge in [-0.1, -0.05) is 24.3 Å². The molecule has 0 saturated heterocycles. The molecular formula is C13H11BrN2O4. The lowest BCUT2D eigenvalue weighted by molar-refractivity contribution is -0.138. The van der Waals surface area contributed by atoms with Crippen molar-refractivity contribution in [1.29, 1.82) is 0 Å². The van der Waals surface area contributed by atoms with E-state index in [-0.39, 0.29) is 11.4 Å². The van der Waals surface area contributed by atoms with Gasteiger partial charge in [-0.3, -0.25) is 9.59 Å². The summed E-state index contributed by atoms with van der Waals surface area (Å²) in [6.07, 6.45) is 0. The summed E-state index contributed by atoms with van der Waals surface area (Å²) in [5, 5.41) is 22.2. The number of carboxylic acid groups (broad SMARTS) is 1. The van der Waals surface area contributed by atoms with Crippen LogP contribution >= 0.6 is 15.9 Å². The third-order valence-corrected chi connectivity index (χ3v) is 3.38. The number of pyridine rings is 1. The Kier molecular flexibility index (Phi) is 3.89. The van der Waals surface area contributed by atoms with Crippen LogP contribution in [0.5, 0.6) is 5.75 Å². The van der Waals surface area contributed by atoms with Gasteiger partial charge in [-0.05, 0) is 22.9 Å². The smallest absolute Gasteiger partial charge is 0.325 e. The zero-order valence-corrected chi connectivity index (χ0v) is 12.0. The summed E-state index contributed by atoms with van der Waals surface area (Å²) in [7, 11) is 0. The number of benzene rings is 1. The van der Waals surface area contributed by atoms with Gasteiger partial charge in [0, 0.05) is 10.8 Å². The van der Waals surface area contributed by atoms with E-state index in [2.05, 4.69) is 26.2 Å². The lowest BCUT2D eigenvalue weighted by Crippen LogP contribution is -2.38. The van der Waals surface area contributed by atoms with Gasteiger partial charge >= 0.3 is 5.97 Å². The highest BCUT2D eigenvalue weighted by Gasteiger charge is 2.21. The van der Waals surface area contributed by atoms with Gasteiger partial charge in [0.2, 0.25) is 0 Å². The molecule has 1 aromatic carbocycles. The molecule has 0 unspecified atom stereocenters. The third kappa shape index (κ3) is 2.57. The number of aromatic hydroxyl groups is 1. The van der Waals surface area contributed by atoms with Gasteiger partial charge in [0.15, 0.2) is 11.4 Å². The molecule has 104 valence electrons. The number of hydrogen-bond donors (Lipinski definition) is 3. The minimum absolute atomic E-state index is 0.219. The molecule has 0 spiro atoms. The topological polar surface area (TPSA) is 99.5 Å². The SMILES string of the molecule is C[C@H](NC(=O)c1nc(Br)c2ccccc2c1O)C(=O)O. The van der Waals surface area contributed by atoms with Gasteiger partial charge in [0.05, 0.1) is 0 Å². The molecule has 1 atom stereocenters. The Bertz CT molecular complexity index is 702. The number of hydrogen-bond acceptors (Lipinski definition) is 4. The summed E-state index contributed by atoms with van der Waals surface area (Å²) in [5.41, 5.74) is -0.219. The number of amides is 1. The highest BCUT2D eigenvalue weighted by atomic mass is 79.9. The summed E-state index contributed by atoms with van der Waals surface area (Å²) in [4.78, 5) is 26.7. The zero-order valence-electron chi connectivity index (χ0n) is 10.4. The molecule has 0 radical (unpaired) electrons. The summed E-state index contributed by atoms with van der Waals surface area (Å²) >= 11 is 3.23. The maximum absolute atomic E-state index is 12.0. The monoisotopic (exact) mass is 338 g/mol. The van der Waals surface area contributed by atoms with Crippen molar-refractivity contribution in [2.75, 3.05) is 0 Å². The molecule has 20 heavy (non-hydrogen) atoms. The van der Waals surface area contributed by atoms with E-state index in [1.54, 1.807) is 24.3 Å². The Morgan fingerprint density at radius 3 is 2.50 bits per heavy atom. The van der Waals surface area contributed by atoms with Gasteiger partial charge < -0.3 is 15.5 Å². The first kappa shape index (κ1) is 14.3. The quantitative estimate of drug-likeness (QED) is 0.742. The predicted molar refractivity (Wildman–Crippen MR) is 75.7 cm³/mol. The minimum atomic E-state index is -1.17. The van der Waals surface area contributed by atoms with Crippen molar-refractivity contribution in [1.82, 2.24) is 10.3 Å². The first-order chi connectivity index (χ1) is 9.41. The second-order valence-corrected chi connectivity index (χ2v) is 4.93. The van der Waals surface area contributed by atoms with Crippen LogP contribution in [-0.2, 0) is 4.79 Å². The number of nitrogens with zero attached hydrogens (tertiary/aromatic N) is 1. The molecule has 7 heteroatoms. The number of rotatable bonds is 3. The molecule has 0 saturated carbocycles. The number of halogens is 1. The van der Waals surface area contributed by atoms with Gasteiger partial charge in [-0.15, -0.1) is 0 Å². The summed E-state index contributed by atoms with van der Waals surface area (Å²) in [5.74, 6) is -2.19. The summed E-state index contributed by atoms with van der Waals surface area (Å²) < 4.78 is 0.402. The van der Waals surface area contributed by atoms with Gasteiger partial charge in [-0.25, -0.2) is 4.98 Å². The molecule has 0 bridgehead atoms. The average molecular weight is 339 g/mol. The van der Waals surface area contributed by atoms with Crippen LogP contribution in [0.4, 0.5) is 0 Å². The maximum atomic E-state index is 12.0. The van der Waals surface area contributed by atoms with Crippen molar-refractivity contribution in [2.24, 2.45) is 0 Å². The van der Waals surface area contributed by atoms with Crippen LogP contribution < -0.4 is 5.32 Å². The number of aliphatic carboxylic acids is 1. The molecule has 0 aliphatic carbocycles. The number of carboxylic acids is 1. The molecule has 1 aromatic heterocycles. The van der Waals surface area contributed by atoms with E-state index in [4.69, 9.17) is 5.11 Å². The van der Waals surface area contributed by atoms with E-state index in [0.717, 1.165) is 0 Å². The first-order valence-corrected chi connectivity index (χ1v) is 6.52. The van der Waals surface area contributed by atoms with E-state index in [9.17, 15) is 14.7 Å². The van der Waals surface area contributed by atoms with E-state index in [1.807, 2.05) is 0 Å². The summed E-state index contributed by atoms with van der Waals surface area (Å²) in [6.45, 7) is 1.33. The molecule has 1 heterocycles. The van der Waals surface area contributed by atoms with E-state index in [0.29, 0.717) is 15.4 Å². The van der Waals surface area contributed by atoms with Crippen LogP contribution in [0.25, 0.3) is 10.8 Å². The predicted octanol–water partition coefficient (Wildman–Crippen LogP) is 1.91. The second-order valence-electron chi connectivity index (χ2n) is 4.18. The molecule has 2 rings (SSSR count). The lowest BCUT2D eigenvalue weighted by atomic mass is 10.1. The van der Waals surface area contributed by atoms with Crippen LogP contribution in [0.2, 0.25) is 0 Å². The Hall–Kier alpha value is -2.15. The van der Waals surface area contributed by atoms with Crippen molar-refractivity contribution in [3.05, 3.63) is 34.6 Å². The third-order valence-electron chi connectivity index (χ3n) is 2.77. The van der Waals surface area contributed by atoms with Crippen molar-refractivity contribution in [2.45, 2.75) is 13.0 Å². The number of aromatic nitrogens is 1. The fourth-order valence-electron chi connectivity index (χ4n) is 1.69. The van der Waals surface area contributed by atoms with Crippen molar-refractivity contribution in [3.8, 4) is 5.75 Å². The Morgan fingerprint density at radius 1 is 1.30 bits per heavy atom. The average Bonchev–Trinajstić information content (AvgIpc) is 2.42. The van der Waals surface area contributed by atoms with Crippen molar-refractivity contribution < 1.29 is 19.8 Å². The van der Waals surface area contributed by atoms with Gasteiger partial charge in [0.1, 0.15) is 10.6 Å². The number of nitrogens with one attached hydrogen (secondary N) is 1. The molecular weight excluding hydrogens is 328 g/mol. The molecule has 3 N–H and O–H groups in total. The first-order valence-electron chi connectivity index (χ1n) is 5.72. The normalized spacial score (nSPS) is 12.1. The fraction of sp³-hybridized carbons (Fsp3) is 0.154. The minimum Gasteiger partial charge on any atom is -0.505 e.